The number of ether oxygens (including phenoxy) is 2. The van der Waals surface area contributed by atoms with Gasteiger partial charge in [-0.15, -0.1) is 24.0 Å². The molecule has 1 aromatic heterocycles. The molecule has 0 amide bonds. The molecule has 0 radical (unpaired) electrons. The van der Waals surface area contributed by atoms with Crippen LogP contribution in [0.4, 0.5) is 5.69 Å². The standard InChI is InChI=1S/C21H28ClN5O2.HI/c1-23-21(25-16-17-5-4-8-24-20(17)29-14-13-28-2)27-11-9-26(10-12-27)19-7-3-6-18(22)15-19;/h3-8,15H,9-14,16H2,1-2H3,(H,23,25);1H. The van der Waals surface area contributed by atoms with Crippen LogP contribution in [0.15, 0.2) is 47.6 Å². The fourth-order valence-electron chi connectivity index (χ4n) is 3.27. The lowest BCUT2D eigenvalue weighted by atomic mass is 10.2. The summed E-state index contributed by atoms with van der Waals surface area (Å²) >= 11 is 6.13. The monoisotopic (exact) mass is 545 g/mol. The molecule has 164 valence electrons. The Kier molecular flexibility index (Phi) is 10.5. The van der Waals surface area contributed by atoms with Crippen LogP contribution >= 0.6 is 35.6 Å². The highest BCUT2D eigenvalue weighted by Gasteiger charge is 2.20. The second-order valence-corrected chi connectivity index (χ2v) is 7.10. The van der Waals surface area contributed by atoms with Gasteiger partial charge < -0.3 is 24.6 Å². The Labute approximate surface area is 200 Å². The molecule has 2 aromatic rings. The van der Waals surface area contributed by atoms with Crippen molar-refractivity contribution < 1.29 is 9.47 Å². The number of aliphatic imine (C=N–C) groups is 1. The molecule has 3 rings (SSSR count). The van der Waals surface area contributed by atoms with E-state index in [2.05, 4.69) is 31.2 Å². The average molecular weight is 546 g/mol. The minimum absolute atomic E-state index is 0. The van der Waals surface area contributed by atoms with Gasteiger partial charge in [-0.1, -0.05) is 23.7 Å². The zero-order chi connectivity index (χ0) is 20.5. The van der Waals surface area contributed by atoms with Gasteiger partial charge in [-0.05, 0) is 24.3 Å². The van der Waals surface area contributed by atoms with E-state index in [0.29, 0.717) is 25.6 Å². The number of nitrogens with zero attached hydrogens (tertiary/aromatic N) is 4. The van der Waals surface area contributed by atoms with Crippen molar-refractivity contribution in [2.24, 2.45) is 4.99 Å². The Hall–Kier alpha value is -1.78. The van der Waals surface area contributed by atoms with Gasteiger partial charge in [-0.25, -0.2) is 4.98 Å². The number of methoxy groups -OCH3 is 1. The van der Waals surface area contributed by atoms with Crippen molar-refractivity contribution in [1.29, 1.82) is 0 Å². The van der Waals surface area contributed by atoms with E-state index in [-0.39, 0.29) is 24.0 Å². The number of benzene rings is 1. The molecule has 0 bridgehead atoms. The third-order valence-electron chi connectivity index (χ3n) is 4.78. The van der Waals surface area contributed by atoms with Crippen LogP contribution in [0.3, 0.4) is 0 Å². The SMILES string of the molecule is CN=C(NCc1cccnc1OCCOC)N1CCN(c2cccc(Cl)c2)CC1.I. The fourth-order valence-corrected chi connectivity index (χ4v) is 3.45. The van der Waals surface area contributed by atoms with Gasteiger partial charge in [0.05, 0.1) is 6.61 Å². The van der Waals surface area contributed by atoms with Gasteiger partial charge in [0.2, 0.25) is 5.88 Å². The second kappa shape index (κ2) is 12.8. The summed E-state index contributed by atoms with van der Waals surface area (Å²) in [5.74, 6) is 1.50. The first-order chi connectivity index (χ1) is 14.2. The predicted octanol–water partition coefficient (Wildman–Crippen LogP) is 3.28. The van der Waals surface area contributed by atoms with Gasteiger partial charge in [0, 0.05) is 69.4 Å². The topological polar surface area (TPSA) is 62.2 Å². The first-order valence-electron chi connectivity index (χ1n) is 9.73. The minimum Gasteiger partial charge on any atom is -0.475 e. The molecule has 0 unspecified atom stereocenters. The molecule has 1 aliphatic heterocycles. The molecule has 0 saturated carbocycles. The predicted molar refractivity (Wildman–Crippen MR) is 132 cm³/mol. The molecule has 9 heteroatoms. The maximum absolute atomic E-state index is 6.13. The van der Waals surface area contributed by atoms with Gasteiger partial charge in [0.25, 0.3) is 0 Å². The highest BCUT2D eigenvalue weighted by molar-refractivity contribution is 14.0. The summed E-state index contributed by atoms with van der Waals surface area (Å²) in [6.07, 6.45) is 1.73. The second-order valence-electron chi connectivity index (χ2n) is 6.66. The lowest BCUT2D eigenvalue weighted by molar-refractivity contribution is 0.143. The van der Waals surface area contributed by atoms with Gasteiger partial charge in [0.1, 0.15) is 6.61 Å². The highest BCUT2D eigenvalue weighted by Crippen LogP contribution is 2.21. The zero-order valence-electron chi connectivity index (χ0n) is 17.4. The fraction of sp³-hybridized carbons (Fsp3) is 0.429. The maximum atomic E-state index is 6.13. The molecule has 7 nitrogen and oxygen atoms in total. The highest BCUT2D eigenvalue weighted by atomic mass is 127. The molecule has 1 aliphatic rings. The van der Waals surface area contributed by atoms with Gasteiger partial charge in [-0.3, -0.25) is 4.99 Å². The van der Waals surface area contributed by atoms with Crippen LogP contribution in [0, 0.1) is 0 Å². The van der Waals surface area contributed by atoms with E-state index >= 15 is 0 Å². The Balaban J connectivity index is 0.00000320. The van der Waals surface area contributed by atoms with Gasteiger partial charge in [0.15, 0.2) is 5.96 Å². The van der Waals surface area contributed by atoms with Crippen LogP contribution in [0.25, 0.3) is 0 Å². The van der Waals surface area contributed by atoms with Crippen LogP contribution in [0.1, 0.15) is 5.56 Å². The van der Waals surface area contributed by atoms with Crippen molar-refractivity contribution in [3.05, 3.63) is 53.2 Å². The molecular formula is C21H29ClIN5O2. The maximum Gasteiger partial charge on any atom is 0.218 e. The number of rotatable bonds is 7. The van der Waals surface area contributed by atoms with Crippen LogP contribution in [-0.4, -0.2) is 69.4 Å². The summed E-state index contributed by atoms with van der Waals surface area (Å²) in [5, 5.41) is 4.20. The molecular weight excluding hydrogens is 517 g/mol. The summed E-state index contributed by atoms with van der Waals surface area (Å²) in [7, 11) is 3.46. The Morgan fingerprint density at radius 1 is 1.17 bits per heavy atom. The van der Waals surface area contributed by atoms with Crippen molar-refractivity contribution in [3.8, 4) is 5.88 Å². The van der Waals surface area contributed by atoms with E-state index in [4.69, 9.17) is 21.1 Å². The molecule has 0 atom stereocenters. The average Bonchev–Trinajstić information content (AvgIpc) is 2.76. The van der Waals surface area contributed by atoms with E-state index in [1.54, 1.807) is 13.3 Å². The molecule has 30 heavy (non-hydrogen) atoms. The Bertz CT molecular complexity index is 815. The molecule has 0 aliphatic carbocycles. The number of hydrogen-bond acceptors (Lipinski definition) is 5. The van der Waals surface area contributed by atoms with Crippen LogP contribution in [-0.2, 0) is 11.3 Å². The summed E-state index contributed by atoms with van der Waals surface area (Å²) in [5.41, 5.74) is 2.15. The third-order valence-corrected chi connectivity index (χ3v) is 5.01. The molecule has 1 fully saturated rings. The van der Waals surface area contributed by atoms with Crippen LogP contribution in [0.5, 0.6) is 5.88 Å². The molecule has 1 N–H and O–H groups in total. The Morgan fingerprint density at radius 3 is 2.67 bits per heavy atom. The quantitative estimate of drug-likeness (QED) is 0.249. The summed E-state index contributed by atoms with van der Waals surface area (Å²) in [6.45, 7) is 5.20. The Morgan fingerprint density at radius 2 is 1.97 bits per heavy atom. The number of aromatic nitrogens is 1. The number of pyridine rings is 1. The number of anilines is 1. The lowest BCUT2D eigenvalue weighted by Gasteiger charge is -2.37. The van der Waals surface area contributed by atoms with Crippen molar-refractivity contribution >= 4 is 47.2 Å². The van der Waals surface area contributed by atoms with Crippen LogP contribution < -0.4 is 15.0 Å². The van der Waals surface area contributed by atoms with Crippen molar-refractivity contribution in [1.82, 2.24) is 15.2 Å². The molecule has 2 heterocycles. The molecule has 1 saturated heterocycles. The largest absolute Gasteiger partial charge is 0.475 e. The van der Waals surface area contributed by atoms with Gasteiger partial charge >= 0.3 is 0 Å². The summed E-state index contributed by atoms with van der Waals surface area (Å²) in [4.78, 5) is 13.4. The normalized spacial score (nSPS) is 14.3. The summed E-state index contributed by atoms with van der Waals surface area (Å²) < 4.78 is 10.8. The smallest absolute Gasteiger partial charge is 0.218 e. The van der Waals surface area contributed by atoms with E-state index in [9.17, 15) is 0 Å². The van der Waals surface area contributed by atoms with Gasteiger partial charge in [-0.2, -0.15) is 0 Å². The molecule has 0 spiro atoms. The zero-order valence-corrected chi connectivity index (χ0v) is 20.5. The van der Waals surface area contributed by atoms with Crippen molar-refractivity contribution in [3.63, 3.8) is 0 Å². The van der Waals surface area contributed by atoms with E-state index in [1.165, 1.54) is 0 Å². The first-order valence-corrected chi connectivity index (χ1v) is 10.1. The number of halogens is 2. The number of hydrogen-bond donors (Lipinski definition) is 1. The summed E-state index contributed by atoms with van der Waals surface area (Å²) in [6, 6.07) is 11.9. The van der Waals surface area contributed by atoms with E-state index < -0.39 is 0 Å². The number of piperazine rings is 1. The number of nitrogens with one attached hydrogen (secondary N) is 1. The van der Waals surface area contributed by atoms with Crippen LogP contribution in [0.2, 0.25) is 5.02 Å². The van der Waals surface area contributed by atoms with Crippen molar-refractivity contribution in [2.75, 3.05) is 58.5 Å². The minimum atomic E-state index is 0. The van der Waals surface area contributed by atoms with Crippen molar-refractivity contribution in [2.45, 2.75) is 6.54 Å². The third kappa shape index (κ3) is 6.88. The van der Waals surface area contributed by atoms with E-state index in [0.717, 1.165) is 48.4 Å². The first kappa shape index (κ1) is 24.5. The van der Waals surface area contributed by atoms with E-state index in [1.807, 2.05) is 37.4 Å². The lowest BCUT2D eigenvalue weighted by Crippen LogP contribution is -2.52. The number of guanidine groups is 1. The molecule has 1 aromatic carbocycles.